The molecule has 0 unspecified atom stereocenters. The van der Waals surface area contributed by atoms with Crippen LogP contribution in [0.2, 0.25) is 10.0 Å². The standard InChI is InChI=1S/C16H17Cl2F2NO2/c17-12-3-2-10(8-13(12)18)16(5-1-6-16)14(22)21-7-4-11(9-21)23-15(19)20/h2-3,8,11,15H,1,4-7,9H2/t11-/m0/s1. The van der Waals surface area contributed by atoms with Crippen LogP contribution in [0.4, 0.5) is 8.78 Å². The Morgan fingerprint density at radius 1 is 1.30 bits per heavy atom. The average Bonchev–Trinajstić information content (AvgIpc) is 2.89. The van der Waals surface area contributed by atoms with Crippen LogP contribution in [0.5, 0.6) is 0 Å². The van der Waals surface area contributed by atoms with E-state index >= 15 is 0 Å². The summed E-state index contributed by atoms with van der Waals surface area (Å²) in [6, 6.07) is 5.26. The quantitative estimate of drug-likeness (QED) is 0.799. The molecule has 1 aromatic rings. The minimum atomic E-state index is -2.80. The third kappa shape index (κ3) is 3.19. The van der Waals surface area contributed by atoms with Crippen LogP contribution in [0.3, 0.4) is 0 Å². The minimum Gasteiger partial charge on any atom is -0.339 e. The smallest absolute Gasteiger partial charge is 0.339 e. The van der Waals surface area contributed by atoms with E-state index in [-0.39, 0.29) is 12.5 Å². The van der Waals surface area contributed by atoms with Gasteiger partial charge in [-0.2, -0.15) is 8.78 Å². The molecule has 0 bridgehead atoms. The second kappa shape index (κ2) is 6.54. The van der Waals surface area contributed by atoms with Crippen LogP contribution in [-0.4, -0.2) is 36.6 Å². The molecule has 7 heteroatoms. The van der Waals surface area contributed by atoms with Gasteiger partial charge in [-0.05, 0) is 37.0 Å². The molecule has 3 rings (SSSR count). The molecule has 2 fully saturated rings. The van der Waals surface area contributed by atoms with Gasteiger partial charge in [0.2, 0.25) is 5.91 Å². The summed E-state index contributed by atoms with van der Waals surface area (Å²) in [5.74, 6) is -0.0255. The van der Waals surface area contributed by atoms with Crippen LogP contribution in [0.25, 0.3) is 0 Å². The molecule has 0 radical (unpaired) electrons. The molecular formula is C16H17Cl2F2NO2. The molecule has 1 atom stereocenters. The number of amides is 1. The number of carbonyl (C=O) groups is 1. The molecule has 1 aromatic carbocycles. The Morgan fingerprint density at radius 2 is 2.04 bits per heavy atom. The number of nitrogens with zero attached hydrogens (tertiary/aromatic N) is 1. The van der Waals surface area contributed by atoms with Crippen molar-refractivity contribution in [1.82, 2.24) is 4.90 Å². The van der Waals surface area contributed by atoms with Crippen molar-refractivity contribution in [2.75, 3.05) is 13.1 Å². The lowest BCUT2D eigenvalue weighted by atomic mass is 9.63. The van der Waals surface area contributed by atoms with Crippen LogP contribution in [0, 0.1) is 0 Å². The Kier molecular flexibility index (Phi) is 4.81. The zero-order chi connectivity index (χ0) is 16.6. The Balaban J connectivity index is 1.78. The maximum Gasteiger partial charge on any atom is 0.345 e. The normalized spacial score (nSPS) is 23.2. The first-order valence-electron chi connectivity index (χ1n) is 7.61. The minimum absolute atomic E-state index is 0.0255. The van der Waals surface area contributed by atoms with E-state index < -0.39 is 18.1 Å². The van der Waals surface area contributed by atoms with Crippen molar-refractivity contribution in [2.45, 2.75) is 43.8 Å². The fraction of sp³-hybridized carbons (Fsp3) is 0.562. The van der Waals surface area contributed by atoms with Crippen molar-refractivity contribution in [3.05, 3.63) is 33.8 Å². The van der Waals surface area contributed by atoms with Crippen molar-refractivity contribution in [3.8, 4) is 0 Å². The van der Waals surface area contributed by atoms with Crippen molar-refractivity contribution in [3.63, 3.8) is 0 Å². The van der Waals surface area contributed by atoms with Crippen molar-refractivity contribution in [2.24, 2.45) is 0 Å². The molecule has 23 heavy (non-hydrogen) atoms. The van der Waals surface area contributed by atoms with Gasteiger partial charge in [-0.25, -0.2) is 0 Å². The molecule has 1 amide bonds. The maximum absolute atomic E-state index is 13.0. The molecule has 1 aliphatic carbocycles. The van der Waals surface area contributed by atoms with E-state index in [4.69, 9.17) is 23.2 Å². The lowest BCUT2D eigenvalue weighted by Gasteiger charge is -2.43. The first-order chi connectivity index (χ1) is 10.9. The van der Waals surface area contributed by atoms with Gasteiger partial charge in [0.05, 0.1) is 21.6 Å². The lowest BCUT2D eigenvalue weighted by molar-refractivity contribution is -0.161. The number of halogens is 4. The molecule has 1 saturated carbocycles. The predicted octanol–water partition coefficient (Wildman–Crippen LogP) is 4.26. The van der Waals surface area contributed by atoms with Crippen LogP contribution in [-0.2, 0) is 14.9 Å². The highest BCUT2D eigenvalue weighted by atomic mass is 35.5. The van der Waals surface area contributed by atoms with Crippen molar-refractivity contribution < 1.29 is 18.3 Å². The monoisotopic (exact) mass is 363 g/mol. The summed E-state index contributed by atoms with van der Waals surface area (Å²) in [7, 11) is 0. The van der Waals surface area contributed by atoms with E-state index in [1.807, 2.05) is 6.07 Å². The number of benzene rings is 1. The van der Waals surface area contributed by atoms with Gasteiger partial charge in [0, 0.05) is 13.1 Å². The second-order valence-corrected chi connectivity index (χ2v) is 6.94. The van der Waals surface area contributed by atoms with E-state index in [1.54, 1.807) is 17.0 Å². The number of ether oxygens (including phenoxy) is 1. The molecule has 2 aliphatic rings. The number of hydrogen-bond donors (Lipinski definition) is 0. The van der Waals surface area contributed by atoms with E-state index in [2.05, 4.69) is 4.74 Å². The van der Waals surface area contributed by atoms with Gasteiger partial charge in [0.15, 0.2) is 0 Å². The van der Waals surface area contributed by atoms with Gasteiger partial charge in [-0.3, -0.25) is 4.79 Å². The SMILES string of the molecule is O=C(N1CC[C@H](OC(F)F)C1)C1(c2ccc(Cl)c(Cl)c2)CCC1. The van der Waals surface area contributed by atoms with Gasteiger partial charge in [-0.15, -0.1) is 0 Å². The second-order valence-electron chi connectivity index (χ2n) is 6.12. The van der Waals surface area contributed by atoms with Crippen molar-refractivity contribution in [1.29, 1.82) is 0 Å². The van der Waals surface area contributed by atoms with E-state index in [0.717, 1.165) is 24.8 Å². The highest BCUT2D eigenvalue weighted by Gasteiger charge is 2.49. The number of rotatable bonds is 4. The number of carbonyl (C=O) groups excluding carboxylic acids is 1. The summed E-state index contributed by atoms with van der Waals surface area (Å²) in [4.78, 5) is 14.6. The molecular weight excluding hydrogens is 347 g/mol. The van der Waals surface area contributed by atoms with Crippen LogP contribution >= 0.6 is 23.2 Å². The first-order valence-corrected chi connectivity index (χ1v) is 8.36. The highest BCUT2D eigenvalue weighted by Crippen LogP contribution is 2.46. The van der Waals surface area contributed by atoms with Gasteiger partial charge in [-0.1, -0.05) is 35.7 Å². The first kappa shape index (κ1) is 16.9. The molecule has 3 nitrogen and oxygen atoms in total. The third-order valence-corrected chi connectivity index (χ3v) is 5.56. The maximum atomic E-state index is 13.0. The number of hydrogen-bond acceptors (Lipinski definition) is 2. The highest BCUT2D eigenvalue weighted by molar-refractivity contribution is 6.42. The zero-order valence-electron chi connectivity index (χ0n) is 12.4. The van der Waals surface area contributed by atoms with Crippen LogP contribution in [0.1, 0.15) is 31.2 Å². The summed E-state index contributed by atoms with van der Waals surface area (Å²) in [5, 5.41) is 0.868. The molecule has 0 spiro atoms. The fourth-order valence-electron chi connectivity index (χ4n) is 3.42. The van der Waals surface area contributed by atoms with Gasteiger partial charge < -0.3 is 9.64 Å². The largest absolute Gasteiger partial charge is 0.345 e. The molecule has 1 heterocycles. The Labute approximate surface area is 143 Å². The third-order valence-electron chi connectivity index (χ3n) is 4.82. The Hall–Kier alpha value is -0.910. The number of alkyl halides is 2. The Morgan fingerprint density at radius 3 is 2.61 bits per heavy atom. The molecule has 0 N–H and O–H groups in total. The topological polar surface area (TPSA) is 29.5 Å². The predicted molar refractivity (Wildman–Crippen MR) is 84.1 cm³/mol. The van der Waals surface area contributed by atoms with E-state index in [9.17, 15) is 13.6 Å². The van der Waals surface area contributed by atoms with Crippen molar-refractivity contribution >= 4 is 29.1 Å². The lowest BCUT2D eigenvalue weighted by Crippen LogP contribution is -2.50. The molecule has 126 valence electrons. The van der Waals surface area contributed by atoms with E-state index in [1.165, 1.54) is 0 Å². The summed E-state index contributed by atoms with van der Waals surface area (Å²) >= 11 is 12.0. The molecule has 1 saturated heterocycles. The van der Waals surface area contributed by atoms with Gasteiger partial charge >= 0.3 is 6.61 Å². The Bertz CT molecular complexity index is 608. The van der Waals surface area contributed by atoms with Gasteiger partial charge in [0.1, 0.15) is 0 Å². The zero-order valence-corrected chi connectivity index (χ0v) is 13.9. The molecule has 0 aromatic heterocycles. The fourth-order valence-corrected chi connectivity index (χ4v) is 3.72. The summed E-state index contributed by atoms with van der Waals surface area (Å²) < 4.78 is 29.2. The molecule has 1 aliphatic heterocycles. The summed E-state index contributed by atoms with van der Waals surface area (Å²) in [6.45, 7) is -2.14. The van der Waals surface area contributed by atoms with Crippen LogP contribution < -0.4 is 0 Å². The summed E-state index contributed by atoms with van der Waals surface area (Å²) in [5.41, 5.74) is 0.245. The summed E-state index contributed by atoms with van der Waals surface area (Å²) in [6.07, 6.45) is 2.27. The average molecular weight is 364 g/mol. The van der Waals surface area contributed by atoms with Gasteiger partial charge in [0.25, 0.3) is 0 Å². The number of likely N-dealkylation sites (tertiary alicyclic amines) is 1. The van der Waals surface area contributed by atoms with E-state index in [0.29, 0.717) is 23.0 Å². The van der Waals surface area contributed by atoms with Crippen LogP contribution in [0.15, 0.2) is 18.2 Å².